The number of nitrogens with one attached hydrogen (secondary N) is 2. The minimum absolute atomic E-state index is 0.241. The molecule has 4 rings (SSSR count). The first-order chi connectivity index (χ1) is 13.9. The van der Waals surface area contributed by atoms with Crippen molar-refractivity contribution in [2.75, 3.05) is 5.32 Å². The average Bonchev–Trinajstić information content (AvgIpc) is 3.22. The van der Waals surface area contributed by atoms with E-state index in [1.807, 2.05) is 49.6 Å². The van der Waals surface area contributed by atoms with Gasteiger partial charge in [0.15, 0.2) is 4.96 Å². The zero-order valence-electron chi connectivity index (χ0n) is 16.4. The summed E-state index contributed by atoms with van der Waals surface area (Å²) in [5, 5.41) is 5.80. The zero-order chi connectivity index (χ0) is 20.5. The number of hydrogen-bond acceptors (Lipinski definition) is 3. The van der Waals surface area contributed by atoms with E-state index in [2.05, 4.69) is 15.6 Å². The predicted octanol–water partition coefficient (Wildman–Crippen LogP) is 5.45. The van der Waals surface area contributed by atoms with Crippen LogP contribution < -0.4 is 10.6 Å². The Labute approximate surface area is 172 Å². The molecule has 0 saturated carbocycles. The third kappa shape index (κ3) is 4.00. The van der Waals surface area contributed by atoms with Gasteiger partial charge in [0.2, 0.25) is 0 Å². The van der Waals surface area contributed by atoms with Crippen LogP contribution in [0.1, 0.15) is 21.7 Å². The number of imidazole rings is 1. The van der Waals surface area contributed by atoms with Crippen LogP contribution in [0.4, 0.5) is 14.9 Å². The van der Waals surface area contributed by atoms with Gasteiger partial charge in [0.05, 0.1) is 12.2 Å². The molecule has 4 aromatic rings. The molecular formula is C22H21FN4OS. The molecular weight excluding hydrogens is 387 g/mol. The molecule has 0 unspecified atom stereocenters. The van der Waals surface area contributed by atoms with E-state index in [1.165, 1.54) is 23.5 Å². The first-order valence-corrected chi connectivity index (χ1v) is 10.1. The number of rotatable bonds is 4. The third-order valence-electron chi connectivity index (χ3n) is 4.83. The minimum Gasteiger partial charge on any atom is -0.333 e. The number of urea groups is 1. The highest BCUT2D eigenvalue weighted by Crippen LogP contribution is 2.27. The van der Waals surface area contributed by atoms with E-state index < -0.39 is 0 Å². The van der Waals surface area contributed by atoms with Crippen LogP contribution >= 0.6 is 11.3 Å². The first-order valence-electron chi connectivity index (χ1n) is 9.26. The molecule has 2 aromatic heterocycles. The number of aryl methyl sites for hydroxylation is 3. The summed E-state index contributed by atoms with van der Waals surface area (Å²) in [7, 11) is 0. The molecule has 2 heterocycles. The Morgan fingerprint density at radius 1 is 1.14 bits per heavy atom. The number of carbonyl (C=O) groups excluding carboxylic acids is 1. The molecule has 0 bridgehead atoms. The Bertz CT molecular complexity index is 1190. The largest absolute Gasteiger partial charge is 0.333 e. The van der Waals surface area contributed by atoms with E-state index in [0.717, 1.165) is 43.6 Å². The van der Waals surface area contributed by atoms with Crippen molar-refractivity contribution < 1.29 is 9.18 Å². The summed E-state index contributed by atoms with van der Waals surface area (Å²) in [5.41, 5.74) is 5.68. The molecule has 29 heavy (non-hydrogen) atoms. The van der Waals surface area contributed by atoms with Gasteiger partial charge in [-0.25, -0.2) is 14.2 Å². The molecule has 0 aliphatic rings. The van der Waals surface area contributed by atoms with Crippen LogP contribution in [0.25, 0.3) is 16.2 Å². The Hall–Kier alpha value is -3.19. The summed E-state index contributed by atoms with van der Waals surface area (Å²) >= 11 is 1.53. The molecule has 0 saturated heterocycles. The van der Waals surface area contributed by atoms with Crippen molar-refractivity contribution in [1.29, 1.82) is 0 Å². The van der Waals surface area contributed by atoms with Gasteiger partial charge in [0.25, 0.3) is 0 Å². The molecule has 2 aromatic carbocycles. The number of anilines is 1. The van der Waals surface area contributed by atoms with Gasteiger partial charge < -0.3 is 10.6 Å². The van der Waals surface area contributed by atoms with Gasteiger partial charge >= 0.3 is 6.03 Å². The van der Waals surface area contributed by atoms with Gasteiger partial charge in [-0.3, -0.25) is 4.40 Å². The Morgan fingerprint density at radius 3 is 2.59 bits per heavy atom. The van der Waals surface area contributed by atoms with Gasteiger partial charge in [-0.15, -0.1) is 0 Å². The number of aromatic nitrogens is 2. The van der Waals surface area contributed by atoms with Crippen molar-refractivity contribution in [1.82, 2.24) is 14.7 Å². The number of benzene rings is 2. The van der Waals surface area contributed by atoms with E-state index in [4.69, 9.17) is 0 Å². The van der Waals surface area contributed by atoms with Crippen LogP contribution in [0.3, 0.4) is 0 Å². The lowest BCUT2D eigenvalue weighted by Gasteiger charge is -2.10. The number of amides is 2. The number of carbonyl (C=O) groups is 1. The van der Waals surface area contributed by atoms with Gasteiger partial charge in [-0.05, 0) is 56.7 Å². The van der Waals surface area contributed by atoms with Crippen molar-refractivity contribution in [2.45, 2.75) is 27.3 Å². The van der Waals surface area contributed by atoms with Gasteiger partial charge in [0, 0.05) is 28.0 Å². The maximum atomic E-state index is 13.1. The van der Waals surface area contributed by atoms with Crippen molar-refractivity contribution >= 4 is 28.0 Å². The second-order valence-electron chi connectivity index (χ2n) is 7.02. The fourth-order valence-electron chi connectivity index (χ4n) is 3.20. The normalized spacial score (nSPS) is 11.0. The van der Waals surface area contributed by atoms with Gasteiger partial charge in [-0.1, -0.05) is 29.0 Å². The fourth-order valence-corrected chi connectivity index (χ4v) is 4.24. The molecule has 0 aliphatic carbocycles. The van der Waals surface area contributed by atoms with Gasteiger partial charge in [-0.2, -0.15) is 0 Å². The van der Waals surface area contributed by atoms with Crippen molar-refractivity contribution in [2.24, 2.45) is 0 Å². The maximum Gasteiger partial charge on any atom is 0.319 e. The SMILES string of the molecule is Cc1ccc(NC(=O)NCc2sc3nc(-c4ccc(F)cc4)cn3c2C)c(C)c1. The summed E-state index contributed by atoms with van der Waals surface area (Å²) < 4.78 is 15.1. The van der Waals surface area contributed by atoms with Crippen LogP contribution in [0.5, 0.6) is 0 Å². The average molecular weight is 409 g/mol. The van der Waals surface area contributed by atoms with Crippen LogP contribution in [-0.2, 0) is 6.54 Å². The second-order valence-corrected chi connectivity index (χ2v) is 8.08. The van der Waals surface area contributed by atoms with E-state index in [0.29, 0.717) is 6.54 Å². The van der Waals surface area contributed by atoms with Crippen molar-refractivity contribution in [3.63, 3.8) is 0 Å². The highest BCUT2D eigenvalue weighted by atomic mass is 32.1. The minimum atomic E-state index is -0.265. The summed E-state index contributed by atoms with van der Waals surface area (Å²) in [4.78, 5) is 18.8. The van der Waals surface area contributed by atoms with E-state index in [9.17, 15) is 9.18 Å². The molecule has 5 nitrogen and oxygen atoms in total. The molecule has 148 valence electrons. The van der Waals surface area contributed by atoms with Crippen LogP contribution in [0, 0.1) is 26.6 Å². The molecule has 7 heteroatoms. The Balaban J connectivity index is 1.45. The predicted molar refractivity (Wildman–Crippen MR) is 115 cm³/mol. The number of thiazole rings is 1. The summed E-state index contributed by atoms with van der Waals surface area (Å²) in [5.74, 6) is -0.265. The molecule has 0 spiro atoms. The topological polar surface area (TPSA) is 58.4 Å². The van der Waals surface area contributed by atoms with Crippen molar-refractivity contribution in [3.8, 4) is 11.3 Å². The lowest BCUT2D eigenvalue weighted by atomic mass is 10.1. The molecule has 0 radical (unpaired) electrons. The number of fused-ring (bicyclic) bond motifs is 1. The van der Waals surface area contributed by atoms with E-state index in [1.54, 1.807) is 12.1 Å². The quantitative estimate of drug-likeness (QED) is 0.472. The van der Waals surface area contributed by atoms with Crippen molar-refractivity contribution in [3.05, 3.63) is 76.2 Å². The number of nitrogens with zero attached hydrogens (tertiary/aromatic N) is 2. The van der Waals surface area contributed by atoms with E-state index >= 15 is 0 Å². The lowest BCUT2D eigenvalue weighted by molar-refractivity contribution is 0.252. The summed E-state index contributed by atoms with van der Waals surface area (Å²) in [6, 6.07) is 12.0. The smallest absolute Gasteiger partial charge is 0.319 e. The summed E-state index contributed by atoms with van der Waals surface area (Å²) in [6.07, 6.45) is 1.94. The molecule has 0 aliphatic heterocycles. The number of hydrogen-bond donors (Lipinski definition) is 2. The standard InChI is InChI=1S/C22H21FN4OS/c1-13-4-9-18(14(2)10-13)25-21(28)24-11-20-15(3)27-12-19(26-22(27)29-20)16-5-7-17(23)8-6-16/h4-10,12H,11H2,1-3H3,(H2,24,25,28). The highest BCUT2D eigenvalue weighted by Gasteiger charge is 2.14. The van der Waals surface area contributed by atoms with Gasteiger partial charge in [0.1, 0.15) is 5.82 Å². The van der Waals surface area contributed by atoms with Crippen LogP contribution in [-0.4, -0.2) is 15.4 Å². The summed E-state index contributed by atoms with van der Waals surface area (Å²) in [6.45, 7) is 6.41. The molecule has 2 amide bonds. The maximum absolute atomic E-state index is 13.1. The monoisotopic (exact) mass is 408 g/mol. The first kappa shape index (κ1) is 19.1. The Morgan fingerprint density at radius 2 is 1.90 bits per heavy atom. The lowest BCUT2D eigenvalue weighted by Crippen LogP contribution is -2.28. The van der Waals surface area contributed by atoms with Crippen LogP contribution in [0.15, 0.2) is 48.7 Å². The van der Waals surface area contributed by atoms with Crippen LogP contribution in [0.2, 0.25) is 0 Å². The molecule has 2 N–H and O–H groups in total. The highest BCUT2D eigenvalue weighted by molar-refractivity contribution is 7.17. The second kappa shape index (κ2) is 7.67. The van der Waals surface area contributed by atoms with E-state index in [-0.39, 0.29) is 11.8 Å². The zero-order valence-corrected chi connectivity index (χ0v) is 17.2. The Kier molecular flexibility index (Phi) is 5.07. The third-order valence-corrected chi connectivity index (χ3v) is 5.99. The fraction of sp³-hybridized carbons (Fsp3) is 0.182. The molecule has 0 fully saturated rings. The number of halogens is 1. The molecule has 0 atom stereocenters.